The van der Waals surface area contributed by atoms with E-state index >= 15 is 0 Å². The van der Waals surface area contributed by atoms with Gasteiger partial charge in [-0.15, -0.1) is 0 Å². The molecule has 3 heterocycles. The molecule has 0 spiro atoms. The molecule has 5 nitrogen and oxygen atoms in total. The van der Waals surface area contributed by atoms with Crippen LogP contribution in [0.2, 0.25) is 0 Å². The first-order chi connectivity index (χ1) is 9.86. The summed E-state index contributed by atoms with van der Waals surface area (Å²) in [5.41, 5.74) is 0. The van der Waals surface area contributed by atoms with Gasteiger partial charge in [-0.1, -0.05) is 6.92 Å². The number of rotatable bonds is 3. The maximum Gasteiger partial charge on any atom is 0.227 e. The highest BCUT2D eigenvalue weighted by molar-refractivity contribution is 5.44. The number of hydrogen-bond donors (Lipinski definition) is 0. The zero-order valence-corrected chi connectivity index (χ0v) is 12.5. The van der Waals surface area contributed by atoms with Crippen molar-refractivity contribution in [1.29, 1.82) is 0 Å². The summed E-state index contributed by atoms with van der Waals surface area (Å²) >= 11 is 0. The van der Waals surface area contributed by atoms with Crippen LogP contribution in [-0.2, 0) is 0 Å². The standard InChI is InChI=1S/C15H25N5/c1-2-18-10-12-19(13-11-18)14-6-7-16-15(17-14)20-8-4-3-5-9-20/h6-7H,2-5,8-13H2,1H3. The monoisotopic (exact) mass is 275 g/mol. The smallest absolute Gasteiger partial charge is 0.227 e. The predicted octanol–water partition coefficient (Wildman–Crippen LogP) is 1.61. The van der Waals surface area contributed by atoms with Crippen molar-refractivity contribution in [3.8, 4) is 0 Å². The molecule has 2 fully saturated rings. The Morgan fingerprint density at radius 3 is 2.40 bits per heavy atom. The molecule has 1 aromatic heterocycles. The maximum atomic E-state index is 4.79. The van der Waals surface area contributed by atoms with Crippen LogP contribution in [0.5, 0.6) is 0 Å². The molecule has 0 unspecified atom stereocenters. The van der Waals surface area contributed by atoms with E-state index in [-0.39, 0.29) is 0 Å². The predicted molar refractivity (Wildman–Crippen MR) is 82.4 cm³/mol. The summed E-state index contributed by atoms with van der Waals surface area (Å²) in [6.07, 6.45) is 5.79. The van der Waals surface area contributed by atoms with Gasteiger partial charge in [0.1, 0.15) is 5.82 Å². The Balaban J connectivity index is 1.68. The van der Waals surface area contributed by atoms with Crippen molar-refractivity contribution in [3.63, 3.8) is 0 Å². The molecule has 20 heavy (non-hydrogen) atoms. The fourth-order valence-corrected chi connectivity index (χ4v) is 3.05. The molecule has 0 amide bonds. The lowest BCUT2D eigenvalue weighted by molar-refractivity contribution is 0.270. The fourth-order valence-electron chi connectivity index (χ4n) is 3.05. The van der Waals surface area contributed by atoms with Crippen molar-refractivity contribution >= 4 is 11.8 Å². The summed E-state index contributed by atoms with van der Waals surface area (Å²) in [5, 5.41) is 0. The highest BCUT2D eigenvalue weighted by Gasteiger charge is 2.19. The molecule has 1 aromatic rings. The zero-order chi connectivity index (χ0) is 13.8. The quantitative estimate of drug-likeness (QED) is 0.837. The van der Waals surface area contributed by atoms with Crippen LogP contribution in [0.25, 0.3) is 0 Å². The van der Waals surface area contributed by atoms with Crippen LogP contribution in [-0.4, -0.2) is 60.7 Å². The van der Waals surface area contributed by atoms with Crippen LogP contribution < -0.4 is 9.80 Å². The molecule has 2 aliphatic rings. The highest BCUT2D eigenvalue weighted by Crippen LogP contribution is 2.19. The largest absolute Gasteiger partial charge is 0.354 e. The van der Waals surface area contributed by atoms with E-state index in [0.717, 1.165) is 57.6 Å². The Kier molecular flexibility index (Phi) is 4.35. The number of aromatic nitrogens is 2. The molecule has 110 valence electrons. The van der Waals surface area contributed by atoms with Crippen molar-refractivity contribution in [2.24, 2.45) is 0 Å². The van der Waals surface area contributed by atoms with Gasteiger partial charge in [0, 0.05) is 45.5 Å². The molecular weight excluding hydrogens is 250 g/mol. The van der Waals surface area contributed by atoms with Crippen molar-refractivity contribution in [2.75, 3.05) is 55.6 Å². The normalized spacial score (nSPS) is 21.2. The first kappa shape index (κ1) is 13.6. The SMILES string of the molecule is CCN1CCN(c2ccnc(N3CCCCC3)n2)CC1. The maximum absolute atomic E-state index is 4.79. The average molecular weight is 275 g/mol. The van der Waals surface area contributed by atoms with Crippen molar-refractivity contribution < 1.29 is 0 Å². The summed E-state index contributed by atoms with van der Waals surface area (Å²) in [7, 11) is 0. The number of piperidine rings is 1. The van der Waals surface area contributed by atoms with Crippen LogP contribution in [0, 0.1) is 0 Å². The molecule has 0 aliphatic carbocycles. The number of hydrogen-bond acceptors (Lipinski definition) is 5. The molecule has 0 saturated carbocycles. The molecule has 0 atom stereocenters. The van der Waals surface area contributed by atoms with Crippen molar-refractivity contribution in [3.05, 3.63) is 12.3 Å². The molecule has 0 N–H and O–H groups in total. The average Bonchev–Trinajstić information content (AvgIpc) is 2.56. The van der Waals surface area contributed by atoms with Gasteiger partial charge >= 0.3 is 0 Å². The van der Waals surface area contributed by atoms with Crippen LogP contribution in [0.15, 0.2) is 12.3 Å². The molecule has 0 aromatic carbocycles. The summed E-state index contributed by atoms with van der Waals surface area (Å²) in [4.78, 5) is 16.5. The van der Waals surface area contributed by atoms with Gasteiger partial charge in [-0.2, -0.15) is 4.98 Å². The third-order valence-corrected chi connectivity index (χ3v) is 4.41. The van der Waals surface area contributed by atoms with Gasteiger partial charge in [-0.05, 0) is 31.9 Å². The van der Waals surface area contributed by atoms with Gasteiger partial charge in [0.2, 0.25) is 5.95 Å². The minimum atomic E-state index is 0.917. The zero-order valence-electron chi connectivity index (χ0n) is 12.5. The Bertz CT molecular complexity index is 422. The third-order valence-electron chi connectivity index (χ3n) is 4.41. The van der Waals surface area contributed by atoms with Crippen molar-refractivity contribution in [2.45, 2.75) is 26.2 Å². The number of likely N-dealkylation sites (N-methyl/N-ethyl adjacent to an activating group) is 1. The van der Waals surface area contributed by atoms with Crippen LogP contribution in [0.4, 0.5) is 11.8 Å². The van der Waals surface area contributed by atoms with E-state index < -0.39 is 0 Å². The molecule has 2 aliphatic heterocycles. The van der Waals surface area contributed by atoms with E-state index in [2.05, 4.69) is 32.7 Å². The first-order valence-corrected chi connectivity index (χ1v) is 7.92. The van der Waals surface area contributed by atoms with E-state index in [9.17, 15) is 0 Å². The van der Waals surface area contributed by atoms with E-state index in [4.69, 9.17) is 4.98 Å². The second kappa shape index (κ2) is 6.39. The molecule has 0 bridgehead atoms. The summed E-state index contributed by atoms with van der Waals surface area (Å²) in [6, 6.07) is 2.05. The lowest BCUT2D eigenvalue weighted by Crippen LogP contribution is -2.46. The fraction of sp³-hybridized carbons (Fsp3) is 0.733. The molecule has 3 rings (SSSR count). The Morgan fingerprint density at radius 1 is 0.950 bits per heavy atom. The lowest BCUT2D eigenvalue weighted by Gasteiger charge is -2.35. The molecule has 2 saturated heterocycles. The van der Waals surface area contributed by atoms with E-state index in [1.807, 2.05) is 6.20 Å². The third kappa shape index (κ3) is 3.03. The van der Waals surface area contributed by atoms with Crippen LogP contribution >= 0.6 is 0 Å². The molecular formula is C15H25N5. The summed E-state index contributed by atoms with van der Waals surface area (Å²) < 4.78 is 0. The minimum absolute atomic E-state index is 0.917. The highest BCUT2D eigenvalue weighted by atomic mass is 15.3. The van der Waals surface area contributed by atoms with Gasteiger partial charge in [-0.3, -0.25) is 0 Å². The van der Waals surface area contributed by atoms with Gasteiger partial charge in [0.15, 0.2) is 0 Å². The first-order valence-electron chi connectivity index (χ1n) is 7.92. The van der Waals surface area contributed by atoms with Gasteiger partial charge < -0.3 is 14.7 Å². The Hall–Kier alpha value is -1.36. The summed E-state index contributed by atoms with van der Waals surface area (Å²) in [6.45, 7) is 10.0. The van der Waals surface area contributed by atoms with E-state index in [1.165, 1.54) is 19.3 Å². The Labute approximate surface area is 121 Å². The van der Waals surface area contributed by atoms with Gasteiger partial charge in [-0.25, -0.2) is 4.98 Å². The van der Waals surface area contributed by atoms with E-state index in [1.54, 1.807) is 0 Å². The van der Waals surface area contributed by atoms with Crippen LogP contribution in [0.3, 0.4) is 0 Å². The topological polar surface area (TPSA) is 35.5 Å². The second-order valence-electron chi connectivity index (χ2n) is 5.68. The van der Waals surface area contributed by atoms with Gasteiger partial charge in [0.25, 0.3) is 0 Å². The lowest BCUT2D eigenvalue weighted by atomic mass is 10.1. The number of nitrogens with zero attached hydrogens (tertiary/aromatic N) is 5. The van der Waals surface area contributed by atoms with Crippen molar-refractivity contribution in [1.82, 2.24) is 14.9 Å². The summed E-state index contributed by atoms with van der Waals surface area (Å²) in [5.74, 6) is 2.01. The number of anilines is 2. The number of piperazine rings is 1. The molecule has 0 radical (unpaired) electrons. The minimum Gasteiger partial charge on any atom is -0.354 e. The van der Waals surface area contributed by atoms with Gasteiger partial charge in [0.05, 0.1) is 0 Å². The second-order valence-corrected chi connectivity index (χ2v) is 5.68. The van der Waals surface area contributed by atoms with Crippen LogP contribution in [0.1, 0.15) is 26.2 Å². The Morgan fingerprint density at radius 2 is 1.70 bits per heavy atom. The molecule has 5 heteroatoms. The van der Waals surface area contributed by atoms with E-state index in [0.29, 0.717) is 0 Å².